The number of phenols is 1. The van der Waals surface area contributed by atoms with Crippen LogP contribution in [0.15, 0.2) is 24.3 Å². The molecule has 3 nitrogen and oxygen atoms in total. The number of carbonyl (C=O) groups excluding carboxylic acids is 1. The number of benzene rings is 1. The summed E-state index contributed by atoms with van der Waals surface area (Å²) in [4.78, 5) is 10.9. The lowest BCUT2D eigenvalue weighted by Gasteiger charge is -2.26. The van der Waals surface area contributed by atoms with Crippen LogP contribution in [0.5, 0.6) is 5.75 Å². The van der Waals surface area contributed by atoms with Crippen molar-refractivity contribution in [3.63, 3.8) is 0 Å². The van der Waals surface area contributed by atoms with E-state index >= 15 is 0 Å². The number of amides is 1. The summed E-state index contributed by atoms with van der Waals surface area (Å²) in [6, 6.07) is 6.75. The lowest BCUT2D eigenvalue weighted by molar-refractivity contribution is -0.127. The Kier molecular flexibility index (Phi) is 1.50. The van der Waals surface area contributed by atoms with E-state index in [2.05, 4.69) is 5.32 Å². The minimum Gasteiger partial charge on any atom is -0.508 e. The van der Waals surface area contributed by atoms with Crippen molar-refractivity contribution in [1.29, 1.82) is 0 Å². The molecule has 0 saturated carbocycles. The van der Waals surface area contributed by atoms with Crippen molar-refractivity contribution in [2.45, 2.75) is 5.92 Å². The second kappa shape index (κ2) is 2.52. The van der Waals surface area contributed by atoms with Crippen molar-refractivity contribution in [2.75, 3.05) is 6.54 Å². The van der Waals surface area contributed by atoms with E-state index in [1.165, 1.54) is 0 Å². The van der Waals surface area contributed by atoms with Crippen molar-refractivity contribution >= 4 is 5.91 Å². The number of β-lactam (4-membered cyclic amide) rings is 1. The molecule has 0 unspecified atom stereocenters. The molecule has 1 aliphatic heterocycles. The highest BCUT2D eigenvalue weighted by Crippen LogP contribution is 2.22. The Morgan fingerprint density at radius 2 is 2.00 bits per heavy atom. The van der Waals surface area contributed by atoms with E-state index in [-0.39, 0.29) is 17.6 Å². The molecule has 1 aromatic rings. The van der Waals surface area contributed by atoms with Gasteiger partial charge in [-0.3, -0.25) is 4.79 Å². The molecule has 0 spiro atoms. The van der Waals surface area contributed by atoms with Crippen LogP contribution in [0, 0.1) is 0 Å². The zero-order chi connectivity index (χ0) is 8.55. The maximum atomic E-state index is 10.9. The molecule has 1 fully saturated rings. The van der Waals surface area contributed by atoms with Crippen LogP contribution in [0.4, 0.5) is 0 Å². The van der Waals surface area contributed by atoms with Gasteiger partial charge >= 0.3 is 0 Å². The molecule has 12 heavy (non-hydrogen) atoms. The summed E-state index contributed by atoms with van der Waals surface area (Å²) in [6.45, 7) is 0.712. The van der Waals surface area contributed by atoms with E-state index in [0.717, 1.165) is 5.56 Å². The summed E-state index contributed by atoms with van der Waals surface area (Å²) in [5.41, 5.74) is 0.969. The van der Waals surface area contributed by atoms with Crippen molar-refractivity contribution in [3.8, 4) is 5.75 Å². The van der Waals surface area contributed by atoms with Gasteiger partial charge in [0.05, 0.1) is 5.92 Å². The van der Waals surface area contributed by atoms with Gasteiger partial charge in [-0.05, 0) is 17.7 Å². The maximum Gasteiger partial charge on any atom is 0.229 e. The fourth-order valence-corrected chi connectivity index (χ4v) is 1.26. The molecule has 1 amide bonds. The Bertz CT molecular complexity index is 305. The highest BCUT2D eigenvalue weighted by molar-refractivity contribution is 5.89. The van der Waals surface area contributed by atoms with Crippen molar-refractivity contribution in [2.24, 2.45) is 0 Å². The summed E-state index contributed by atoms with van der Waals surface area (Å²) in [5.74, 6) is 0.296. The standard InChI is InChI=1S/C9H9NO2/c11-7-3-1-6(2-4-7)8-5-10-9(8)12/h1-4,8,11H,5H2,(H,10,12)/t8-/m1/s1. The second-order valence-electron chi connectivity index (χ2n) is 2.89. The van der Waals surface area contributed by atoms with Gasteiger partial charge in [-0.15, -0.1) is 0 Å². The topological polar surface area (TPSA) is 49.3 Å². The smallest absolute Gasteiger partial charge is 0.229 e. The largest absolute Gasteiger partial charge is 0.508 e. The molecule has 0 aromatic heterocycles. The molecule has 0 bridgehead atoms. The number of hydrogen-bond acceptors (Lipinski definition) is 2. The predicted octanol–water partition coefficient (Wildman–Crippen LogP) is 0.606. The third-order valence-electron chi connectivity index (χ3n) is 2.09. The first-order valence-corrected chi connectivity index (χ1v) is 3.84. The minimum absolute atomic E-state index is 0.00870. The molecule has 1 aliphatic rings. The molecule has 3 heteroatoms. The van der Waals surface area contributed by atoms with Gasteiger partial charge in [-0.2, -0.15) is 0 Å². The molecule has 2 rings (SSSR count). The van der Waals surface area contributed by atoms with E-state index in [9.17, 15) is 4.79 Å². The third-order valence-corrected chi connectivity index (χ3v) is 2.09. The molecule has 1 heterocycles. The first-order valence-electron chi connectivity index (χ1n) is 3.84. The Balaban J connectivity index is 2.23. The number of hydrogen-bond donors (Lipinski definition) is 2. The molecule has 1 aromatic carbocycles. The monoisotopic (exact) mass is 163 g/mol. The molecule has 2 N–H and O–H groups in total. The van der Waals surface area contributed by atoms with Gasteiger partial charge in [0.15, 0.2) is 0 Å². The Hall–Kier alpha value is -1.51. The zero-order valence-corrected chi connectivity index (χ0v) is 6.45. The fraction of sp³-hybridized carbons (Fsp3) is 0.222. The first-order chi connectivity index (χ1) is 5.77. The van der Waals surface area contributed by atoms with E-state index in [1.807, 2.05) is 0 Å². The lowest BCUT2D eigenvalue weighted by atomic mass is 9.93. The van der Waals surface area contributed by atoms with E-state index < -0.39 is 0 Å². The quantitative estimate of drug-likeness (QED) is 0.596. The molecule has 1 saturated heterocycles. The van der Waals surface area contributed by atoms with Gasteiger partial charge in [-0.25, -0.2) is 0 Å². The number of phenolic OH excluding ortho intramolecular Hbond substituents is 1. The minimum atomic E-state index is -0.00870. The first kappa shape index (κ1) is 7.16. The van der Waals surface area contributed by atoms with E-state index in [1.54, 1.807) is 24.3 Å². The van der Waals surface area contributed by atoms with Crippen molar-refractivity contribution in [1.82, 2.24) is 5.32 Å². The highest BCUT2D eigenvalue weighted by atomic mass is 16.3. The van der Waals surface area contributed by atoms with Crippen LogP contribution in [-0.2, 0) is 4.79 Å². The van der Waals surface area contributed by atoms with Crippen LogP contribution >= 0.6 is 0 Å². The fourth-order valence-electron chi connectivity index (χ4n) is 1.26. The number of nitrogens with one attached hydrogen (secondary N) is 1. The van der Waals surface area contributed by atoms with Gasteiger partial charge in [0.1, 0.15) is 5.75 Å². The lowest BCUT2D eigenvalue weighted by Crippen LogP contribution is -2.46. The van der Waals surface area contributed by atoms with E-state index in [0.29, 0.717) is 6.54 Å². The second-order valence-corrected chi connectivity index (χ2v) is 2.89. The van der Waals surface area contributed by atoms with E-state index in [4.69, 9.17) is 5.11 Å². The maximum absolute atomic E-state index is 10.9. The van der Waals surface area contributed by atoms with Gasteiger partial charge < -0.3 is 10.4 Å². The Morgan fingerprint density at radius 3 is 2.42 bits per heavy atom. The Morgan fingerprint density at radius 1 is 1.33 bits per heavy atom. The number of rotatable bonds is 1. The van der Waals surface area contributed by atoms with Crippen molar-refractivity contribution in [3.05, 3.63) is 29.8 Å². The molecule has 62 valence electrons. The van der Waals surface area contributed by atoms with Crippen LogP contribution in [0.1, 0.15) is 11.5 Å². The van der Waals surface area contributed by atoms with Gasteiger partial charge in [0.2, 0.25) is 5.91 Å². The van der Waals surface area contributed by atoms with Gasteiger partial charge in [0, 0.05) is 6.54 Å². The molecule has 0 aliphatic carbocycles. The summed E-state index contributed by atoms with van der Waals surface area (Å²) < 4.78 is 0. The molecule has 1 atom stereocenters. The van der Waals surface area contributed by atoms with Gasteiger partial charge in [-0.1, -0.05) is 12.1 Å². The van der Waals surface area contributed by atoms with Crippen LogP contribution in [-0.4, -0.2) is 17.6 Å². The highest BCUT2D eigenvalue weighted by Gasteiger charge is 2.28. The predicted molar refractivity (Wildman–Crippen MR) is 43.9 cm³/mol. The molecular weight excluding hydrogens is 154 g/mol. The Labute approximate surface area is 70.0 Å². The zero-order valence-electron chi connectivity index (χ0n) is 6.45. The summed E-state index contributed by atoms with van der Waals surface area (Å²) in [6.07, 6.45) is 0. The average molecular weight is 163 g/mol. The van der Waals surface area contributed by atoms with Crippen LogP contribution in [0.2, 0.25) is 0 Å². The number of aromatic hydroxyl groups is 1. The van der Waals surface area contributed by atoms with Crippen LogP contribution in [0.3, 0.4) is 0 Å². The summed E-state index contributed by atoms with van der Waals surface area (Å²) >= 11 is 0. The van der Waals surface area contributed by atoms with Crippen LogP contribution < -0.4 is 5.32 Å². The molecular formula is C9H9NO2. The SMILES string of the molecule is O=C1NC[C@@H]1c1ccc(O)cc1. The number of carbonyl (C=O) groups is 1. The van der Waals surface area contributed by atoms with Crippen LogP contribution in [0.25, 0.3) is 0 Å². The van der Waals surface area contributed by atoms with Crippen molar-refractivity contribution < 1.29 is 9.90 Å². The third kappa shape index (κ3) is 1.03. The van der Waals surface area contributed by atoms with Gasteiger partial charge in [0.25, 0.3) is 0 Å². The molecule has 0 radical (unpaired) electrons. The normalized spacial score (nSPS) is 21.3. The average Bonchev–Trinajstić information content (AvgIpc) is 2.06. The summed E-state index contributed by atoms with van der Waals surface area (Å²) in [5, 5.41) is 11.7. The summed E-state index contributed by atoms with van der Waals surface area (Å²) in [7, 11) is 0.